The molecule has 0 radical (unpaired) electrons. The Bertz CT molecular complexity index is 668. The highest BCUT2D eigenvalue weighted by atomic mass is 16.5. The summed E-state index contributed by atoms with van der Waals surface area (Å²) in [5.41, 5.74) is 1.01. The van der Waals surface area contributed by atoms with E-state index in [2.05, 4.69) is 25.7 Å². The molecule has 0 fully saturated rings. The summed E-state index contributed by atoms with van der Waals surface area (Å²) in [5, 5.41) is 10.5. The van der Waals surface area contributed by atoms with Gasteiger partial charge in [-0.2, -0.15) is 5.10 Å². The lowest BCUT2D eigenvalue weighted by Crippen LogP contribution is -2.37. The van der Waals surface area contributed by atoms with Crippen molar-refractivity contribution in [1.82, 2.24) is 25.4 Å². The highest BCUT2D eigenvalue weighted by molar-refractivity contribution is 5.79. The number of rotatable bonds is 6. The van der Waals surface area contributed by atoms with Crippen molar-refractivity contribution in [1.29, 1.82) is 0 Å². The van der Waals surface area contributed by atoms with E-state index in [0.29, 0.717) is 19.0 Å². The van der Waals surface area contributed by atoms with E-state index in [1.54, 1.807) is 25.9 Å². The molecule has 2 aromatic rings. The molecule has 0 aliphatic carbocycles. The molecule has 0 spiro atoms. The van der Waals surface area contributed by atoms with E-state index in [1.165, 1.54) is 6.33 Å². The van der Waals surface area contributed by atoms with Crippen LogP contribution in [0.4, 0.5) is 0 Å². The molecule has 0 atom stereocenters. The Morgan fingerprint density at radius 3 is 2.61 bits per heavy atom. The van der Waals surface area contributed by atoms with Gasteiger partial charge < -0.3 is 20.1 Å². The molecular formula is C15H22N6O2. The molecule has 1 aromatic carbocycles. The molecule has 1 aromatic heterocycles. The number of aryl methyl sites for hydroxylation is 1. The third-order valence-electron chi connectivity index (χ3n) is 3.38. The Balaban J connectivity index is 1.94. The second kappa shape index (κ2) is 8.02. The monoisotopic (exact) mass is 318 g/mol. The Morgan fingerprint density at radius 2 is 2.00 bits per heavy atom. The lowest BCUT2D eigenvalue weighted by Gasteiger charge is -2.14. The second-order valence-corrected chi connectivity index (χ2v) is 4.76. The van der Waals surface area contributed by atoms with Crippen LogP contribution in [-0.2, 0) is 20.1 Å². The number of methoxy groups -OCH3 is 2. The predicted octanol–water partition coefficient (Wildman–Crippen LogP) is 0.697. The fourth-order valence-corrected chi connectivity index (χ4v) is 2.04. The third-order valence-corrected chi connectivity index (χ3v) is 3.38. The molecule has 124 valence electrons. The number of guanidine groups is 1. The maximum Gasteiger partial charge on any atom is 0.191 e. The van der Waals surface area contributed by atoms with E-state index in [1.807, 2.05) is 25.2 Å². The average Bonchev–Trinajstić information content (AvgIpc) is 3.00. The first kappa shape index (κ1) is 16.6. The molecule has 0 bridgehead atoms. The summed E-state index contributed by atoms with van der Waals surface area (Å²) < 4.78 is 12.3. The quantitative estimate of drug-likeness (QED) is 0.602. The first-order valence-electron chi connectivity index (χ1n) is 7.16. The Labute approximate surface area is 135 Å². The normalized spacial score (nSPS) is 11.2. The number of benzene rings is 1. The van der Waals surface area contributed by atoms with E-state index < -0.39 is 0 Å². The van der Waals surface area contributed by atoms with Crippen LogP contribution in [0.5, 0.6) is 11.5 Å². The van der Waals surface area contributed by atoms with Crippen molar-refractivity contribution in [2.75, 3.05) is 21.3 Å². The van der Waals surface area contributed by atoms with Gasteiger partial charge in [0.2, 0.25) is 0 Å². The second-order valence-electron chi connectivity index (χ2n) is 4.76. The highest BCUT2D eigenvalue weighted by Gasteiger charge is 2.07. The predicted molar refractivity (Wildman–Crippen MR) is 87.6 cm³/mol. The number of aromatic nitrogens is 3. The van der Waals surface area contributed by atoms with Gasteiger partial charge in [0.25, 0.3) is 0 Å². The summed E-state index contributed by atoms with van der Waals surface area (Å²) in [7, 11) is 6.84. The SMILES string of the molecule is CN=C(NCc1ccc(OC)cc1OC)NCc1ncnn1C. The standard InChI is InChI=1S/C15H22N6O2/c1-16-15(18-9-14-19-10-20-21(14)2)17-8-11-5-6-12(22-3)7-13(11)23-4/h5-7,10H,8-9H2,1-4H3,(H2,16,17,18). The molecule has 8 heteroatoms. The van der Waals surface area contributed by atoms with E-state index >= 15 is 0 Å². The van der Waals surface area contributed by atoms with Gasteiger partial charge in [-0.3, -0.25) is 9.67 Å². The van der Waals surface area contributed by atoms with Crippen molar-refractivity contribution in [3.63, 3.8) is 0 Å². The van der Waals surface area contributed by atoms with Crippen LogP contribution in [0.3, 0.4) is 0 Å². The van der Waals surface area contributed by atoms with Crippen LogP contribution in [0.2, 0.25) is 0 Å². The van der Waals surface area contributed by atoms with Gasteiger partial charge in [-0.15, -0.1) is 0 Å². The van der Waals surface area contributed by atoms with Crippen LogP contribution in [-0.4, -0.2) is 42.0 Å². The number of nitrogens with zero attached hydrogens (tertiary/aromatic N) is 4. The molecule has 0 aliphatic heterocycles. The zero-order valence-electron chi connectivity index (χ0n) is 13.8. The average molecular weight is 318 g/mol. The van der Waals surface area contributed by atoms with Gasteiger partial charge in [-0.1, -0.05) is 0 Å². The van der Waals surface area contributed by atoms with E-state index in [-0.39, 0.29) is 0 Å². The number of hydrogen-bond acceptors (Lipinski definition) is 5. The fraction of sp³-hybridized carbons (Fsp3) is 0.400. The molecule has 0 saturated heterocycles. The summed E-state index contributed by atoms with van der Waals surface area (Å²) in [4.78, 5) is 8.35. The number of ether oxygens (including phenoxy) is 2. The van der Waals surface area contributed by atoms with Crippen LogP contribution in [0.1, 0.15) is 11.4 Å². The Kier molecular flexibility index (Phi) is 5.79. The minimum atomic E-state index is 0.538. The topological polar surface area (TPSA) is 85.6 Å². The van der Waals surface area contributed by atoms with Crippen LogP contribution >= 0.6 is 0 Å². The van der Waals surface area contributed by atoms with Crippen molar-refractivity contribution < 1.29 is 9.47 Å². The molecule has 8 nitrogen and oxygen atoms in total. The summed E-state index contributed by atoms with van der Waals surface area (Å²) in [6.45, 7) is 1.11. The van der Waals surface area contributed by atoms with E-state index in [9.17, 15) is 0 Å². The van der Waals surface area contributed by atoms with Crippen molar-refractivity contribution >= 4 is 5.96 Å². The maximum absolute atomic E-state index is 5.39. The van der Waals surface area contributed by atoms with Crippen LogP contribution in [0.25, 0.3) is 0 Å². The van der Waals surface area contributed by atoms with E-state index in [4.69, 9.17) is 9.47 Å². The lowest BCUT2D eigenvalue weighted by molar-refractivity contribution is 0.390. The lowest BCUT2D eigenvalue weighted by atomic mass is 10.2. The Hall–Kier alpha value is -2.77. The summed E-state index contributed by atoms with van der Waals surface area (Å²) in [6, 6.07) is 5.71. The van der Waals surface area contributed by atoms with Gasteiger partial charge in [-0.25, -0.2) is 4.98 Å². The minimum Gasteiger partial charge on any atom is -0.497 e. The highest BCUT2D eigenvalue weighted by Crippen LogP contribution is 2.24. The van der Waals surface area contributed by atoms with Crippen LogP contribution in [0, 0.1) is 0 Å². The van der Waals surface area contributed by atoms with Crippen molar-refractivity contribution in [2.45, 2.75) is 13.1 Å². The molecule has 0 unspecified atom stereocenters. The van der Waals surface area contributed by atoms with Gasteiger partial charge in [0.15, 0.2) is 5.96 Å². The third kappa shape index (κ3) is 4.35. The zero-order chi connectivity index (χ0) is 16.7. The molecular weight excluding hydrogens is 296 g/mol. The van der Waals surface area contributed by atoms with Crippen molar-refractivity contribution in [3.8, 4) is 11.5 Å². The smallest absolute Gasteiger partial charge is 0.191 e. The van der Waals surface area contributed by atoms with Gasteiger partial charge in [0, 0.05) is 32.3 Å². The van der Waals surface area contributed by atoms with Gasteiger partial charge >= 0.3 is 0 Å². The fourth-order valence-electron chi connectivity index (χ4n) is 2.04. The first-order valence-corrected chi connectivity index (χ1v) is 7.16. The minimum absolute atomic E-state index is 0.538. The molecule has 2 rings (SSSR count). The molecule has 0 saturated carbocycles. The van der Waals surface area contributed by atoms with E-state index in [0.717, 1.165) is 22.9 Å². The molecule has 0 amide bonds. The van der Waals surface area contributed by atoms with Gasteiger partial charge in [0.1, 0.15) is 23.7 Å². The molecule has 0 aliphatic rings. The van der Waals surface area contributed by atoms with Crippen molar-refractivity contribution in [3.05, 3.63) is 35.9 Å². The number of nitrogens with one attached hydrogen (secondary N) is 2. The summed E-state index contributed by atoms with van der Waals surface area (Å²) in [5.74, 6) is 3.02. The summed E-state index contributed by atoms with van der Waals surface area (Å²) >= 11 is 0. The van der Waals surface area contributed by atoms with Gasteiger partial charge in [-0.05, 0) is 12.1 Å². The first-order chi connectivity index (χ1) is 11.2. The Morgan fingerprint density at radius 1 is 1.22 bits per heavy atom. The molecule has 23 heavy (non-hydrogen) atoms. The van der Waals surface area contributed by atoms with Gasteiger partial charge in [0.05, 0.1) is 20.8 Å². The molecule has 2 N–H and O–H groups in total. The molecule has 1 heterocycles. The number of aliphatic imine (C=N–C) groups is 1. The van der Waals surface area contributed by atoms with Crippen molar-refractivity contribution in [2.24, 2.45) is 12.0 Å². The van der Waals surface area contributed by atoms with Crippen LogP contribution in [0.15, 0.2) is 29.5 Å². The zero-order valence-corrected chi connectivity index (χ0v) is 13.8. The number of hydrogen-bond donors (Lipinski definition) is 2. The maximum atomic E-state index is 5.39. The summed E-state index contributed by atoms with van der Waals surface area (Å²) in [6.07, 6.45) is 1.52. The largest absolute Gasteiger partial charge is 0.497 e. The van der Waals surface area contributed by atoms with Crippen LogP contribution < -0.4 is 20.1 Å².